The molecule has 2 heterocycles. The molecule has 2 aromatic rings. The summed E-state index contributed by atoms with van der Waals surface area (Å²) in [5.41, 5.74) is 1.25. The molecule has 0 radical (unpaired) electrons. The van der Waals surface area contributed by atoms with Crippen molar-refractivity contribution in [3.8, 4) is 0 Å². The van der Waals surface area contributed by atoms with E-state index in [-0.39, 0.29) is 18.2 Å². The molecule has 5 nitrogen and oxygen atoms in total. The van der Waals surface area contributed by atoms with Gasteiger partial charge in [-0.2, -0.15) is 5.10 Å². The Balaban J connectivity index is 2.14. The number of aromatic nitrogens is 2. The summed E-state index contributed by atoms with van der Waals surface area (Å²) in [6.45, 7) is 0. The van der Waals surface area contributed by atoms with Crippen molar-refractivity contribution in [3.05, 3.63) is 28.1 Å². The van der Waals surface area contributed by atoms with Gasteiger partial charge in [0, 0.05) is 18.9 Å². The van der Waals surface area contributed by atoms with Gasteiger partial charge >= 0.3 is 0 Å². The second kappa shape index (κ2) is 4.66. The van der Waals surface area contributed by atoms with Crippen molar-refractivity contribution in [1.82, 2.24) is 15.1 Å². The zero-order valence-electron chi connectivity index (χ0n) is 10.6. The predicted octanol–water partition coefficient (Wildman–Crippen LogP) is 2.00. The Morgan fingerprint density at radius 3 is 2.90 bits per heavy atom. The van der Waals surface area contributed by atoms with Crippen molar-refractivity contribution in [3.63, 3.8) is 0 Å². The van der Waals surface area contributed by atoms with Gasteiger partial charge in [0.05, 0.1) is 21.6 Å². The minimum absolute atomic E-state index is 0.271. The Kier molecular flexibility index (Phi) is 3.08. The number of nitrogens with zero attached hydrogens (tertiary/aromatic N) is 2. The molecule has 1 aromatic carbocycles. The number of carbonyl (C=O) groups excluding carboxylic acids is 2. The number of benzene rings is 1. The normalized spacial score (nSPS) is 19.4. The van der Waals surface area contributed by atoms with Crippen LogP contribution in [0.4, 0.5) is 4.39 Å². The molecule has 1 aromatic heterocycles. The highest BCUT2D eigenvalue weighted by atomic mass is 79.9. The lowest BCUT2D eigenvalue weighted by Gasteiger charge is -2.19. The molecule has 1 unspecified atom stereocenters. The molecule has 20 heavy (non-hydrogen) atoms. The Morgan fingerprint density at radius 1 is 1.45 bits per heavy atom. The molecule has 1 N–H and O–H groups in total. The average Bonchev–Trinajstić information content (AvgIpc) is 2.67. The highest BCUT2D eigenvalue weighted by Gasteiger charge is 2.31. The monoisotopic (exact) mass is 339 g/mol. The molecule has 104 valence electrons. The minimum atomic E-state index is -0.517. The fraction of sp³-hybridized carbons (Fsp3) is 0.308. The number of piperidine rings is 1. The van der Waals surface area contributed by atoms with Gasteiger partial charge in [0.2, 0.25) is 11.8 Å². The van der Waals surface area contributed by atoms with Gasteiger partial charge in [-0.25, -0.2) is 4.39 Å². The van der Waals surface area contributed by atoms with Crippen LogP contribution in [0.15, 0.2) is 16.6 Å². The molecule has 1 atom stereocenters. The van der Waals surface area contributed by atoms with Gasteiger partial charge in [-0.1, -0.05) is 0 Å². The van der Waals surface area contributed by atoms with Gasteiger partial charge in [0.1, 0.15) is 5.82 Å². The summed E-state index contributed by atoms with van der Waals surface area (Å²) in [4.78, 5) is 23.1. The first-order valence-corrected chi connectivity index (χ1v) is 6.92. The number of rotatable bonds is 1. The first-order chi connectivity index (χ1) is 9.47. The Labute approximate surface area is 122 Å². The quantitative estimate of drug-likeness (QED) is 0.808. The summed E-state index contributed by atoms with van der Waals surface area (Å²) >= 11 is 3.14. The fourth-order valence-electron chi connectivity index (χ4n) is 2.49. The van der Waals surface area contributed by atoms with E-state index in [0.29, 0.717) is 22.0 Å². The van der Waals surface area contributed by atoms with Crippen LogP contribution in [0.1, 0.15) is 24.5 Å². The van der Waals surface area contributed by atoms with Crippen LogP contribution in [0.25, 0.3) is 10.9 Å². The molecule has 7 heteroatoms. The Hall–Kier alpha value is -1.76. The molecule has 1 fully saturated rings. The second-order valence-electron chi connectivity index (χ2n) is 4.80. The summed E-state index contributed by atoms with van der Waals surface area (Å²) in [6.07, 6.45) is 0.669. The molecule has 1 aliphatic rings. The number of amides is 2. The van der Waals surface area contributed by atoms with Crippen LogP contribution in [0.5, 0.6) is 0 Å². The Morgan fingerprint density at radius 2 is 2.20 bits per heavy atom. The lowest BCUT2D eigenvalue weighted by molar-refractivity contribution is -0.134. The van der Waals surface area contributed by atoms with Gasteiger partial charge in [-0.3, -0.25) is 19.6 Å². The van der Waals surface area contributed by atoms with Gasteiger partial charge in [0.25, 0.3) is 0 Å². The SMILES string of the molecule is Cn1nc(C2CCC(=O)NC2=O)c2cc(F)c(Br)cc21. The maximum Gasteiger partial charge on any atom is 0.235 e. The van der Waals surface area contributed by atoms with Crippen LogP contribution in [-0.4, -0.2) is 21.6 Å². The van der Waals surface area contributed by atoms with E-state index in [1.165, 1.54) is 6.07 Å². The standard InChI is InChI=1S/C13H11BrFN3O2/c1-18-10-5-8(14)9(15)4-7(10)12(17-18)6-2-3-11(19)16-13(6)20/h4-6H,2-3H2,1H3,(H,16,19,20). The summed E-state index contributed by atoms with van der Waals surface area (Å²) in [5, 5.41) is 7.23. The highest BCUT2D eigenvalue weighted by molar-refractivity contribution is 9.10. The molecule has 0 aliphatic carbocycles. The van der Waals surface area contributed by atoms with E-state index in [1.807, 2.05) is 0 Å². The van der Waals surface area contributed by atoms with Crippen LogP contribution in [-0.2, 0) is 16.6 Å². The van der Waals surface area contributed by atoms with E-state index in [1.54, 1.807) is 17.8 Å². The van der Waals surface area contributed by atoms with Gasteiger partial charge in [-0.05, 0) is 34.5 Å². The first-order valence-electron chi connectivity index (χ1n) is 6.12. The van der Waals surface area contributed by atoms with Crippen molar-refractivity contribution in [1.29, 1.82) is 0 Å². The number of fused-ring (bicyclic) bond motifs is 1. The molecule has 1 saturated heterocycles. The number of halogens is 2. The number of nitrogens with one attached hydrogen (secondary N) is 1. The van der Waals surface area contributed by atoms with Crippen molar-refractivity contribution in [2.45, 2.75) is 18.8 Å². The lowest BCUT2D eigenvalue weighted by Crippen LogP contribution is -2.39. The summed E-state index contributed by atoms with van der Waals surface area (Å²) in [6, 6.07) is 3.00. The maximum absolute atomic E-state index is 13.7. The summed E-state index contributed by atoms with van der Waals surface area (Å²) in [5.74, 6) is -1.57. The van der Waals surface area contributed by atoms with E-state index in [0.717, 1.165) is 5.52 Å². The number of carbonyl (C=O) groups is 2. The summed E-state index contributed by atoms with van der Waals surface area (Å²) in [7, 11) is 1.74. The van der Waals surface area contributed by atoms with E-state index >= 15 is 0 Å². The van der Waals surface area contributed by atoms with Gasteiger partial charge in [-0.15, -0.1) is 0 Å². The average molecular weight is 340 g/mol. The van der Waals surface area contributed by atoms with Crippen LogP contribution in [0, 0.1) is 5.82 Å². The van der Waals surface area contributed by atoms with Gasteiger partial charge in [0.15, 0.2) is 0 Å². The number of hydrogen-bond acceptors (Lipinski definition) is 3. The third-order valence-electron chi connectivity index (χ3n) is 3.49. The molecular formula is C13H11BrFN3O2. The summed E-state index contributed by atoms with van der Waals surface area (Å²) < 4.78 is 15.7. The van der Waals surface area contributed by atoms with Crippen molar-refractivity contribution in [2.75, 3.05) is 0 Å². The molecule has 0 saturated carbocycles. The molecular weight excluding hydrogens is 329 g/mol. The van der Waals surface area contributed by atoms with Crippen LogP contribution in [0.3, 0.4) is 0 Å². The predicted molar refractivity (Wildman–Crippen MR) is 73.5 cm³/mol. The highest BCUT2D eigenvalue weighted by Crippen LogP contribution is 2.32. The van der Waals surface area contributed by atoms with Crippen molar-refractivity contribution < 1.29 is 14.0 Å². The molecule has 0 spiro atoms. The third-order valence-corrected chi connectivity index (χ3v) is 4.10. The largest absolute Gasteiger partial charge is 0.296 e. The van der Waals surface area contributed by atoms with Crippen LogP contribution >= 0.6 is 15.9 Å². The smallest absolute Gasteiger partial charge is 0.235 e. The van der Waals surface area contributed by atoms with E-state index in [4.69, 9.17) is 0 Å². The zero-order valence-corrected chi connectivity index (χ0v) is 12.2. The van der Waals surface area contributed by atoms with Crippen LogP contribution in [0.2, 0.25) is 0 Å². The van der Waals surface area contributed by atoms with E-state index < -0.39 is 11.7 Å². The number of aryl methyl sites for hydroxylation is 1. The van der Waals surface area contributed by atoms with E-state index in [9.17, 15) is 14.0 Å². The van der Waals surface area contributed by atoms with Gasteiger partial charge < -0.3 is 0 Å². The fourth-order valence-corrected chi connectivity index (χ4v) is 2.82. The third kappa shape index (κ3) is 2.02. The molecule has 0 bridgehead atoms. The Bertz CT molecular complexity index is 741. The second-order valence-corrected chi connectivity index (χ2v) is 5.65. The topological polar surface area (TPSA) is 64.0 Å². The van der Waals surface area contributed by atoms with Crippen LogP contribution < -0.4 is 5.32 Å². The van der Waals surface area contributed by atoms with Crippen molar-refractivity contribution >= 4 is 38.6 Å². The lowest BCUT2D eigenvalue weighted by atomic mass is 9.93. The first kappa shape index (κ1) is 13.2. The maximum atomic E-state index is 13.7. The molecule has 3 rings (SSSR count). The van der Waals surface area contributed by atoms with Crippen molar-refractivity contribution in [2.24, 2.45) is 7.05 Å². The molecule has 2 amide bonds. The number of imide groups is 1. The van der Waals surface area contributed by atoms with E-state index in [2.05, 4.69) is 26.3 Å². The number of hydrogen-bond donors (Lipinski definition) is 1. The molecule has 1 aliphatic heterocycles. The minimum Gasteiger partial charge on any atom is -0.296 e. The zero-order chi connectivity index (χ0) is 14.4.